The first-order valence-electron chi connectivity index (χ1n) is 10.3. The molecule has 2 N–H and O–H groups in total. The van der Waals surface area contributed by atoms with Crippen molar-refractivity contribution in [2.24, 2.45) is 11.8 Å². The van der Waals surface area contributed by atoms with E-state index in [4.69, 9.17) is 4.74 Å². The van der Waals surface area contributed by atoms with E-state index >= 15 is 0 Å². The summed E-state index contributed by atoms with van der Waals surface area (Å²) in [6.45, 7) is 5.90. The van der Waals surface area contributed by atoms with Crippen molar-refractivity contribution in [2.45, 2.75) is 65.7 Å². The van der Waals surface area contributed by atoms with Gasteiger partial charge in [-0.25, -0.2) is 4.79 Å². The zero-order chi connectivity index (χ0) is 21.1. The van der Waals surface area contributed by atoms with Crippen molar-refractivity contribution in [1.29, 1.82) is 0 Å². The van der Waals surface area contributed by atoms with Crippen LogP contribution in [-0.4, -0.2) is 29.6 Å². The highest BCUT2D eigenvalue weighted by Gasteiger charge is 2.38. The molecule has 1 aromatic rings. The number of esters is 1. The minimum absolute atomic E-state index is 0.268. The SMILES string of the molecule is CCOC(=O)c1c(NC(=O)[C@H]2CC(C)=C(C)C[C@H]2C(=O)O)sc2c1CCCCC2. The molecular formula is C22H29NO5S. The number of carboxylic acid groups (broad SMARTS) is 1. The van der Waals surface area contributed by atoms with Crippen LogP contribution in [0, 0.1) is 11.8 Å². The maximum atomic E-state index is 13.1. The molecule has 0 aliphatic heterocycles. The number of aliphatic carboxylic acids is 1. The van der Waals surface area contributed by atoms with E-state index in [1.54, 1.807) is 6.92 Å². The van der Waals surface area contributed by atoms with Crippen LogP contribution in [0.1, 0.15) is 73.7 Å². The number of ether oxygens (including phenoxy) is 1. The van der Waals surface area contributed by atoms with Gasteiger partial charge < -0.3 is 15.2 Å². The Bertz CT molecular complexity index is 854. The number of carboxylic acids is 1. The van der Waals surface area contributed by atoms with Crippen LogP contribution in [0.5, 0.6) is 0 Å². The molecule has 0 unspecified atom stereocenters. The smallest absolute Gasteiger partial charge is 0.341 e. The summed E-state index contributed by atoms with van der Waals surface area (Å²) < 4.78 is 5.27. The largest absolute Gasteiger partial charge is 0.481 e. The van der Waals surface area contributed by atoms with E-state index in [0.717, 1.165) is 53.7 Å². The van der Waals surface area contributed by atoms with Gasteiger partial charge in [0.2, 0.25) is 5.91 Å². The second-order valence-electron chi connectivity index (χ2n) is 8.00. The minimum atomic E-state index is -0.954. The van der Waals surface area contributed by atoms with Gasteiger partial charge in [0, 0.05) is 4.88 Å². The van der Waals surface area contributed by atoms with Gasteiger partial charge in [0.05, 0.1) is 24.0 Å². The molecule has 1 aromatic heterocycles. The van der Waals surface area contributed by atoms with E-state index < -0.39 is 23.8 Å². The molecule has 0 radical (unpaired) electrons. The predicted octanol–water partition coefficient (Wildman–Crippen LogP) is 4.58. The van der Waals surface area contributed by atoms with Gasteiger partial charge in [-0.1, -0.05) is 17.6 Å². The number of thiophene rings is 1. The van der Waals surface area contributed by atoms with Crippen LogP contribution < -0.4 is 5.32 Å². The molecule has 0 spiro atoms. The Morgan fingerprint density at radius 2 is 1.72 bits per heavy atom. The summed E-state index contributed by atoms with van der Waals surface area (Å²) in [5.74, 6) is -3.08. The van der Waals surface area contributed by atoms with Crippen molar-refractivity contribution >= 4 is 34.2 Å². The van der Waals surface area contributed by atoms with E-state index in [9.17, 15) is 19.5 Å². The zero-order valence-electron chi connectivity index (χ0n) is 17.3. The third kappa shape index (κ3) is 4.55. The van der Waals surface area contributed by atoms with Crippen LogP contribution in [0.4, 0.5) is 5.00 Å². The molecule has 7 heteroatoms. The van der Waals surface area contributed by atoms with Crippen molar-refractivity contribution in [2.75, 3.05) is 11.9 Å². The summed E-state index contributed by atoms with van der Waals surface area (Å²) in [6.07, 6.45) is 5.70. The van der Waals surface area contributed by atoms with Crippen molar-refractivity contribution in [3.63, 3.8) is 0 Å². The van der Waals surface area contributed by atoms with E-state index in [0.29, 0.717) is 23.4 Å². The van der Waals surface area contributed by atoms with Crippen LogP contribution in [0.15, 0.2) is 11.1 Å². The second-order valence-corrected chi connectivity index (χ2v) is 9.10. The number of fused-ring (bicyclic) bond motifs is 1. The lowest BCUT2D eigenvalue weighted by molar-refractivity contribution is -0.146. The number of hydrogen-bond donors (Lipinski definition) is 2. The Balaban J connectivity index is 1.91. The van der Waals surface area contributed by atoms with E-state index in [-0.39, 0.29) is 12.5 Å². The maximum Gasteiger partial charge on any atom is 0.341 e. The fourth-order valence-electron chi connectivity index (χ4n) is 4.28. The van der Waals surface area contributed by atoms with Crippen molar-refractivity contribution in [1.82, 2.24) is 0 Å². The molecule has 158 valence electrons. The Kier molecular flexibility index (Phi) is 6.77. The molecule has 0 bridgehead atoms. The maximum absolute atomic E-state index is 13.1. The number of hydrogen-bond acceptors (Lipinski definition) is 5. The molecule has 29 heavy (non-hydrogen) atoms. The summed E-state index contributed by atoms with van der Waals surface area (Å²) in [5, 5.41) is 13.0. The fraction of sp³-hybridized carbons (Fsp3) is 0.591. The first-order valence-corrected chi connectivity index (χ1v) is 11.2. The molecule has 1 amide bonds. The van der Waals surface area contributed by atoms with Gasteiger partial charge in [-0.2, -0.15) is 0 Å². The van der Waals surface area contributed by atoms with Gasteiger partial charge in [0.15, 0.2) is 0 Å². The summed E-state index contributed by atoms with van der Waals surface area (Å²) in [4.78, 5) is 38.7. The molecule has 2 atom stereocenters. The molecule has 1 heterocycles. The van der Waals surface area contributed by atoms with E-state index in [2.05, 4.69) is 5.32 Å². The van der Waals surface area contributed by atoms with Crippen LogP contribution in [-0.2, 0) is 27.2 Å². The van der Waals surface area contributed by atoms with Crippen LogP contribution in [0.25, 0.3) is 0 Å². The molecule has 0 aromatic carbocycles. The minimum Gasteiger partial charge on any atom is -0.481 e. The summed E-state index contributed by atoms with van der Waals surface area (Å²) in [7, 11) is 0. The van der Waals surface area contributed by atoms with E-state index in [1.807, 2.05) is 13.8 Å². The number of carbonyl (C=O) groups excluding carboxylic acids is 2. The Labute approximate surface area is 175 Å². The molecule has 0 saturated carbocycles. The van der Waals surface area contributed by atoms with Crippen molar-refractivity contribution in [3.8, 4) is 0 Å². The molecular weight excluding hydrogens is 390 g/mol. The van der Waals surface area contributed by atoms with Crippen LogP contribution in [0.2, 0.25) is 0 Å². The topological polar surface area (TPSA) is 92.7 Å². The fourth-order valence-corrected chi connectivity index (χ4v) is 5.56. The van der Waals surface area contributed by atoms with Gasteiger partial charge in [-0.15, -0.1) is 11.3 Å². The van der Waals surface area contributed by atoms with Gasteiger partial charge >= 0.3 is 11.9 Å². The monoisotopic (exact) mass is 419 g/mol. The van der Waals surface area contributed by atoms with Gasteiger partial charge in [0.1, 0.15) is 5.00 Å². The molecule has 0 fully saturated rings. The number of allylic oxidation sites excluding steroid dienone is 2. The van der Waals surface area contributed by atoms with Crippen LogP contribution in [0.3, 0.4) is 0 Å². The Morgan fingerprint density at radius 3 is 2.38 bits per heavy atom. The van der Waals surface area contributed by atoms with Gasteiger partial charge in [-0.3, -0.25) is 9.59 Å². The lowest BCUT2D eigenvalue weighted by Crippen LogP contribution is -2.36. The normalized spacial score (nSPS) is 21.9. The average molecular weight is 420 g/mol. The number of rotatable bonds is 5. The number of amides is 1. The Morgan fingerprint density at radius 1 is 1.07 bits per heavy atom. The summed E-state index contributed by atoms with van der Waals surface area (Å²) in [6, 6.07) is 0. The predicted molar refractivity (Wildman–Crippen MR) is 112 cm³/mol. The van der Waals surface area contributed by atoms with Gasteiger partial charge in [0.25, 0.3) is 0 Å². The van der Waals surface area contributed by atoms with Crippen molar-refractivity contribution in [3.05, 3.63) is 27.2 Å². The molecule has 2 aliphatic rings. The standard InChI is InChI=1S/C22H29NO5S/c1-4-28-22(27)18-14-8-6-5-7-9-17(14)29-20(18)23-19(24)15-10-12(2)13(3)11-16(15)21(25)26/h15-16H,4-11H2,1-3H3,(H,23,24)(H,25,26)/t15-,16+/m0/s1. The third-order valence-electron chi connectivity index (χ3n) is 6.06. The molecule has 3 rings (SSSR count). The quantitative estimate of drug-likeness (QED) is 0.414. The highest BCUT2D eigenvalue weighted by molar-refractivity contribution is 7.17. The second kappa shape index (κ2) is 9.11. The first-order chi connectivity index (χ1) is 13.8. The highest BCUT2D eigenvalue weighted by atomic mass is 32.1. The number of anilines is 1. The summed E-state index contributed by atoms with van der Waals surface area (Å²) >= 11 is 1.44. The zero-order valence-corrected chi connectivity index (χ0v) is 18.1. The lowest BCUT2D eigenvalue weighted by Gasteiger charge is -2.29. The van der Waals surface area contributed by atoms with Crippen molar-refractivity contribution < 1.29 is 24.2 Å². The number of aryl methyl sites for hydroxylation is 1. The average Bonchev–Trinajstić information content (AvgIpc) is 2.84. The van der Waals surface area contributed by atoms with Gasteiger partial charge in [-0.05, 0) is 64.9 Å². The molecule has 0 saturated heterocycles. The Hall–Kier alpha value is -2.15. The van der Waals surface area contributed by atoms with E-state index in [1.165, 1.54) is 11.3 Å². The first kappa shape index (κ1) is 21.6. The molecule has 2 aliphatic carbocycles. The highest BCUT2D eigenvalue weighted by Crippen LogP contribution is 2.40. The number of carbonyl (C=O) groups is 3. The molecule has 6 nitrogen and oxygen atoms in total. The number of nitrogens with one attached hydrogen (secondary N) is 1. The van der Waals surface area contributed by atoms with Crippen LogP contribution >= 0.6 is 11.3 Å². The lowest BCUT2D eigenvalue weighted by atomic mass is 9.76. The third-order valence-corrected chi connectivity index (χ3v) is 7.27. The summed E-state index contributed by atoms with van der Waals surface area (Å²) in [5.41, 5.74) is 3.56.